The standard InChI is InChI=1S/C10H6N4O6/c15-9-8(14(19)20)7(11-10(16)12-9)5-1-3-6(4-2-5)13(17)18/h1-4H,(H2,11,12,15,16). The van der Waals surface area contributed by atoms with Gasteiger partial charge < -0.3 is 4.98 Å². The Morgan fingerprint density at radius 2 is 1.50 bits per heavy atom. The highest BCUT2D eigenvalue weighted by Gasteiger charge is 2.22. The van der Waals surface area contributed by atoms with E-state index in [-0.39, 0.29) is 16.9 Å². The first kappa shape index (κ1) is 13.1. The quantitative estimate of drug-likeness (QED) is 0.617. The van der Waals surface area contributed by atoms with Crippen molar-refractivity contribution in [3.63, 3.8) is 0 Å². The summed E-state index contributed by atoms with van der Waals surface area (Å²) in [5, 5.41) is 21.4. The second-order valence-electron chi connectivity index (χ2n) is 3.69. The molecule has 0 radical (unpaired) electrons. The molecule has 0 aliphatic carbocycles. The highest BCUT2D eigenvalue weighted by molar-refractivity contribution is 5.69. The first-order valence-electron chi connectivity index (χ1n) is 5.16. The average Bonchev–Trinajstić information content (AvgIpc) is 2.37. The van der Waals surface area contributed by atoms with Crippen LogP contribution in [0.3, 0.4) is 0 Å². The average molecular weight is 278 g/mol. The van der Waals surface area contributed by atoms with E-state index < -0.39 is 26.8 Å². The van der Waals surface area contributed by atoms with Crippen LogP contribution in [0, 0.1) is 20.2 Å². The molecule has 2 N–H and O–H groups in total. The third kappa shape index (κ3) is 2.29. The lowest BCUT2D eigenvalue weighted by Crippen LogP contribution is -2.25. The number of hydrogen-bond acceptors (Lipinski definition) is 6. The molecule has 0 unspecified atom stereocenters. The summed E-state index contributed by atoms with van der Waals surface area (Å²) in [6.45, 7) is 0. The highest BCUT2D eigenvalue weighted by atomic mass is 16.6. The third-order valence-electron chi connectivity index (χ3n) is 2.47. The van der Waals surface area contributed by atoms with Crippen LogP contribution in [-0.2, 0) is 0 Å². The van der Waals surface area contributed by atoms with E-state index in [0.29, 0.717) is 0 Å². The molecule has 0 spiro atoms. The molecule has 0 aliphatic heterocycles. The Hall–Kier alpha value is -3.30. The van der Waals surface area contributed by atoms with Crippen molar-refractivity contribution in [2.75, 3.05) is 0 Å². The zero-order valence-electron chi connectivity index (χ0n) is 9.65. The van der Waals surface area contributed by atoms with E-state index in [1.54, 1.807) is 4.98 Å². The number of hydrogen-bond donors (Lipinski definition) is 2. The Bertz CT molecular complexity index is 804. The van der Waals surface area contributed by atoms with Gasteiger partial charge in [-0.05, 0) is 12.1 Å². The first-order chi connectivity index (χ1) is 9.40. The summed E-state index contributed by atoms with van der Waals surface area (Å²) in [6, 6.07) is 4.63. The lowest BCUT2D eigenvalue weighted by atomic mass is 10.1. The molecule has 0 saturated heterocycles. The summed E-state index contributed by atoms with van der Waals surface area (Å²) >= 11 is 0. The fourth-order valence-electron chi connectivity index (χ4n) is 1.61. The lowest BCUT2D eigenvalue weighted by Gasteiger charge is -2.01. The van der Waals surface area contributed by atoms with E-state index in [0.717, 1.165) is 12.1 Å². The van der Waals surface area contributed by atoms with E-state index in [1.165, 1.54) is 12.1 Å². The predicted octanol–water partition coefficient (Wildman–Crippen LogP) is 0.547. The molecule has 10 heteroatoms. The Balaban J connectivity index is 2.68. The normalized spacial score (nSPS) is 10.2. The van der Waals surface area contributed by atoms with Gasteiger partial charge in [0.25, 0.3) is 5.69 Å². The molecule has 0 aliphatic rings. The maximum atomic E-state index is 11.4. The Morgan fingerprint density at radius 1 is 0.900 bits per heavy atom. The maximum Gasteiger partial charge on any atom is 0.357 e. The molecular weight excluding hydrogens is 272 g/mol. The zero-order chi connectivity index (χ0) is 14.9. The van der Waals surface area contributed by atoms with E-state index in [9.17, 15) is 29.8 Å². The van der Waals surface area contributed by atoms with Crippen molar-refractivity contribution in [3.8, 4) is 11.3 Å². The van der Waals surface area contributed by atoms with Crippen molar-refractivity contribution in [2.24, 2.45) is 0 Å². The van der Waals surface area contributed by atoms with Gasteiger partial charge in [0.1, 0.15) is 5.69 Å². The molecule has 2 rings (SSSR count). The van der Waals surface area contributed by atoms with Gasteiger partial charge in [0, 0.05) is 17.7 Å². The molecule has 0 amide bonds. The summed E-state index contributed by atoms with van der Waals surface area (Å²) < 4.78 is 0. The molecule has 2 aromatic rings. The molecule has 102 valence electrons. The van der Waals surface area contributed by atoms with E-state index in [2.05, 4.69) is 4.98 Å². The number of aromatic amines is 2. The minimum atomic E-state index is -1.15. The van der Waals surface area contributed by atoms with Gasteiger partial charge in [0.2, 0.25) is 0 Å². The molecule has 1 aromatic heterocycles. The van der Waals surface area contributed by atoms with Crippen LogP contribution in [0.15, 0.2) is 33.9 Å². The van der Waals surface area contributed by atoms with Gasteiger partial charge in [-0.15, -0.1) is 0 Å². The summed E-state index contributed by atoms with van der Waals surface area (Å²) in [5.41, 5.74) is -3.30. The van der Waals surface area contributed by atoms with Gasteiger partial charge in [-0.3, -0.25) is 30.0 Å². The summed E-state index contributed by atoms with van der Waals surface area (Å²) in [4.78, 5) is 46.3. The molecule has 10 nitrogen and oxygen atoms in total. The van der Waals surface area contributed by atoms with Crippen LogP contribution in [0.25, 0.3) is 11.3 Å². The molecule has 1 heterocycles. The lowest BCUT2D eigenvalue weighted by molar-refractivity contribution is -0.386. The summed E-state index contributed by atoms with van der Waals surface area (Å²) in [5.74, 6) is 0. The van der Waals surface area contributed by atoms with Gasteiger partial charge in [0.05, 0.1) is 9.85 Å². The van der Waals surface area contributed by atoms with Crippen LogP contribution < -0.4 is 11.2 Å². The van der Waals surface area contributed by atoms with Gasteiger partial charge in [-0.25, -0.2) is 4.79 Å². The van der Waals surface area contributed by atoms with Gasteiger partial charge >= 0.3 is 16.9 Å². The maximum absolute atomic E-state index is 11.4. The molecule has 0 fully saturated rings. The SMILES string of the molecule is O=c1[nH]c(-c2ccc([N+](=O)[O-])cc2)c([N+](=O)[O-])c(=O)[nH]1. The van der Waals surface area contributed by atoms with Crippen molar-refractivity contribution >= 4 is 11.4 Å². The number of H-pyrrole nitrogens is 2. The van der Waals surface area contributed by atoms with Crippen molar-refractivity contribution in [1.82, 2.24) is 9.97 Å². The van der Waals surface area contributed by atoms with E-state index in [4.69, 9.17) is 0 Å². The minimum Gasteiger partial charge on any atom is -0.301 e. The van der Waals surface area contributed by atoms with Crippen LogP contribution in [-0.4, -0.2) is 19.8 Å². The Labute approximate surface area is 109 Å². The Morgan fingerprint density at radius 3 is 2.00 bits per heavy atom. The zero-order valence-corrected chi connectivity index (χ0v) is 9.65. The van der Waals surface area contributed by atoms with Gasteiger partial charge in [0.15, 0.2) is 0 Å². The molecular formula is C10H6N4O6. The van der Waals surface area contributed by atoms with Crippen molar-refractivity contribution in [1.29, 1.82) is 0 Å². The first-order valence-corrected chi connectivity index (χ1v) is 5.16. The number of benzene rings is 1. The third-order valence-corrected chi connectivity index (χ3v) is 2.47. The molecule has 0 saturated carbocycles. The van der Waals surface area contributed by atoms with Crippen LogP contribution in [0.5, 0.6) is 0 Å². The van der Waals surface area contributed by atoms with Crippen LogP contribution in [0.1, 0.15) is 0 Å². The molecule has 1 aromatic carbocycles. The summed E-state index contributed by atoms with van der Waals surface area (Å²) in [6.07, 6.45) is 0. The second-order valence-corrected chi connectivity index (χ2v) is 3.69. The number of nitrogens with zero attached hydrogens (tertiary/aromatic N) is 2. The summed E-state index contributed by atoms with van der Waals surface area (Å²) in [7, 11) is 0. The smallest absolute Gasteiger partial charge is 0.301 e. The number of aromatic nitrogens is 2. The minimum absolute atomic E-state index is 0.116. The van der Waals surface area contributed by atoms with Crippen LogP contribution in [0.2, 0.25) is 0 Å². The number of rotatable bonds is 3. The topological polar surface area (TPSA) is 152 Å². The van der Waals surface area contributed by atoms with Gasteiger partial charge in [-0.1, -0.05) is 0 Å². The molecule has 0 atom stereocenters. The molecule has 0 bridgehead atoms. The number of nitro groups is 2. The van der Waals surface area contributed by atoms with E-state index in [1.807, 2.05) is 0 Å². The van der Waals surface area contributed by atoms with Crippen molar-refractivity contribution < 1.29 is 9.85 Å². The highest BCUT2D eigenvalue weighted by Crippen LogP contribution is 2.25. The number of nitro benzene ring substituents is 1. The Kier molecular flexibility index (Phi) is 3.13. The molecule has 20 heavy (non-hydrogen) atoms. The monoisotopic (exact) mass is 278 g/mol. The van der Waals surface area contributed by atoms with Crippen molar-refractivity contribution in [3.05, 3.63) is 65.3 Å². The van der Waals surface area contributed by atoms with Crippen LogP contribution in [0.4, 0.5) is 11.4 Å². The largest absolute Gasteiger partial charge is 0.357 e. The number of non-ortho nitro benzene ring substituents is 1. The second kappa shape index (κ2) is 4.76. The predicted molar refractivity (Wildman–Crippen MR) is 66.4 cm³/mol. The fraction of sp³-hybridized carbons (Fsp3) is 0. The number of nitrogens with one attached hydrogen (secondary N) is 2. The van der Waals surface area contributed by atoms with Crippen LogP contribution >= 0.6 is 0 Å². The fourth-order valence-corrected chi connectivity index (χ4v) is 1.61. The van der Waals surface area contributed by atoms with E-state index >= 15 is 0 Å². The van der Waals surface area contributed by atoms with Gasteiger partial charge in [-0.2, -0.15) is 0 Å². The van der Waals surface area contributed by atoms with Crippen molar-refractivity contribution in [2.45, 2.75) is 0 Å².